The van der Waals surface area contributed by atoms with Crippen molar-refractivity contribution in [1.29, 1.82) is 0 Å². The highest BCUT2D eigenvalue weighted by atomic mass is 32.1. The minimum Gasteiger partial charge on any atom is -0.494 e. The maximum absolute atomic E-state index is 5.81. The van der Waals surface area contributed by atoms with E-state index in [1.807, 2.05) is 6.92 Å². The van der Waals surface area contributed by atoms with Crippen molar-refractivity contribution in [3.63, 3.8) is 0 Å². The van der Waals surface area contributed by atoms with Gasteiger partial charge in [0.25, 0.3) is 0 Å². The van der Waals surface area contributed by atoms with Gasteiger partial charge in [-0.15, -0.1) is 0 Å². The van der Waals surface area contributed by atoms with Crippen LogP contribution in [0.4, 0.5) is 5.13 Å². The molecule has 0 atom stereocenters. The van der Waals surface area contributed by atoms with Crippen molar-refractivity contribution < 1.29 is 4.74 Å². The summed E-state index contributed by atoms with van der Waals surface area (Å²) in [6.07, 6.45) is 0. The van der Waals surface area contributed by atoms with Crippen molar-refractivity contribution in [1.82, 2.24) is 4.98 Å². The Bertz CT molecular complexity index is 575. The van der Waals surface area contributed by atoms with E-state index in [4.69, 9.17) is 9.72 Å². The molecular formula is C15H22N2OS. The van der Waals surface area contributed by atoms with Crippen molar-refractivity contribution in [2.45, 2.75) is 40.5 Å². The van der Waals surface area contributed by atoms with E-state index in [2.05, 4.69) is 39.1 Å². The van der Waals surface area contributed by atoms with Gasteiger partial charge in [0, 0.05) is 12.1 Å². The number of benzene rings is 1. The molecule has 0 spiro atoms. The van der Waals surface area contributed by atoms with E-state index in [1.165, 1.54) is 15.8 Å². The molecule has 2 rings (SSSR count). The molecule has 1 N–H and O–H groups in total. The van der Waals surface area contributed by atoms with Crippen LogP contribution in [0.15, 0.2) is 6.07 Å². The average Bonchev–Trinajstić information content (AvgIpc) is 2.73. The Balaban J connectivity index is 2.67. The van der Waals surface area contributed by atoms with Crippen LogP contribution in [0.3, 0.4) is 0 Å². The molecule has 0 unspecified atom stereocenters. The van der Waals surface area contributed by atoms with E-state index >= 15 is 0 Å². The Hall–Kier alpha value is -1.29. The standard InChI is InChI=1S/C15H22N2OS/c1-6-16-15-17-13-10(5)8-11(18-7-2)12(9(3)4)14(13)19-15/h8-9H,6-7H2,1-5H3,(H,16,17). The normalized spacial score (nSPS) is 11.3. The molecule has 0 aliphatic rings. The molecule has 0 amide bonds. The van der Waals surface area contributed by atoms with Crippen LogP contribution < -0.4 is 10.1 Å². The number of fused-ring (bicyclic) bond motifs is 1. The molecule has 0 aliphatic carbocycles. The number of aromatic nitrogens is 1. The van der Waals surface area contributed by atoms with Crippen LogP contribution in [-0.4, -0.2) is 18.1 Å². The summed E-state index contributed by atoms with van der Waals surface area (Å²) < 4.78 is 7.07. The fourth-order valence-corrected chi connectivity index (χ4v) is 3.57. The van der Waals surface area contributed by atoms with Crippen molar-refractivity contribution >= 4 is 26.7 Å². The highest BCUT2D eigenvalue weighted by Crippen LogP contribution is 2.40. The third kappa shape index (κ3) is 2.68. The molecule has 0 aliphatic heterocycles. The summed E-state index contributed by atoms with van der Waals surface area (Å²) in [6, 6.07) is 2.12. The van der Waals surface area contributed by atoms with E-state index in [0.29, 0.717) is 12.5 Å². The molecule has 0 saturated heterocycles. The van der Waals surface area contributed by atoms with Crippen molar-refractivity contribution in [2.75, 3.05) is 18.5 Å². The molecule has 1 aromatic carbocycles. The molecule has 3 nitrogen and oxygen atoms in total. The minimum absolute atomic E-state index is 0.430. The van der Waals surface area contributed by atoms with Crippen LogP contribution in [0.1, 0.15) is 44.7 Å². The molecule has 104 valence electrons. The lowest BCUT2D eigenvalue weighted by molar-refractivity contribution is 0.336. The predicted octanol–water partition coefficient (Wildman–Crippen LogP) is 4.56. The summed E-state index contributed by atoms with van der Waals surface area (Å²) in [5.74, 6) is 1.44. The fourth-order valence-electron chi connectivity index (χ4n) is 2.27. The lowest BCUT2D eigenvalue weighted by Crippen LogP contribution is -1.99. The first-order valence-corrected chi connectivity index (χ1v) is 7.70. The van der Waals surface area contributed by atoms with Gasteiger partial charge in [-0.3, -0.25) is 0 Å². The maximum atomic E-state index is 5.81. The zero-order valence-electron chi connectivity index (χ0n) is 12.3. The summed E-state index contributed by atoms with van der Waals surface area (Å²) in [5.41, 5.74) is 3.57. The largest absolute Gasteiger partial charge is 0.494 e. The second-order valence-corrected chi connectivity index (χ2v) is 5.92. The number of thiazole rings is 1. The number of nitrogens with one attached hydrogen (secondary N) is 1. The Morgan fingerprint density at radius 1 is 1.37 bits per heavy atom. The highest BCUT2D eigenvalue weighted by molar-refractivity contribution is 7.22. The Morgan fingerprint density at radius 3 is 2.68 bits per heavy atom. The zero-order valence-corrected chi connectivity index (χ0v) is 13.1. The fraction of sp³-hybridized carbons (Fsp3) is 0.533. The molecule has 0 bridgehead atoms. The van der Waals surface area contributed by atoms with Crippen LogP contribution in [-0.2, 0) is 0 Å². The molecule has 1 heterocycles. The number of hydrogen-bond donors (Lipinski definition) is 1. The van der Waals surface area contributed by atoms with Crippen LogP contribution in [0.2, 0.25) is 0 Å². The maximum Gasteiger partial charge on any atom is 0.183 e. The topological polar surface area (TPSA) is 34.2 Å². The average molecular weight is 278 g/mol. The summed E-state index contributed by atoms with van der Waals surface area (Å²) >= 11 is 1.73. The number of aryl methyl sites for hydroxylation is 1. The molecule has 0 saturated carbocycles. The van der Waals surface area contributed by atoms with Crippen LogP contribution in [0, 0.1) is 6.92 Å². The van der Waals surface area contributed by atoms with Crippen molar-refractivity contribution in [3.8, 4) is 5.75 Å². The van der Waals surface area contributed by atoms with Gasteiger partial charge < -0.3 is 10.1 Å². The Morgan fingerprint density at radius 2 is 2.11 bits per heavy atom. The number of ether oxygens (including phenoxy) is 1. The van der Waals surface area contributed by atoms with Gasteiger partial charge in [-0.1, -0.05) is 25.2 Å². The highest BCUT2D eigenvalue weighted by Gasteiger charge is 2.18. The van der Waals surface area contributed by atoms with Crippen LogP contribution >= 0.6 is 11.3 Å². The number of nitrogens with zero attached hydrogens (tertiary/aromatic N) is 1. The minimum atomic E-state index is 0.430. The van der Waals surface area contributed by atoms with Gasteiger partial charge in [-0.2, -0.15) is 0 Å². The van der Waals surface area contributed by atoms with Crippen molar-refractivity contribution in [2.24, 2.45) is 0 Å². The lowest BCUT2D eigenvalue weighted by Gasteiger charge is -2.15. The number of anilines is 1. The van der Waals surface area contributed by atoms with E-state index in [9.17, 15) is 0 Å². The molecule has 0 fully saturated rings. The van der Waals surface area contributed by atoms with Crippen molar-refractivity contribution in [3.05, 3.63) is 17.2 Å². The van der Waals surface area contributed by atoms with Gasteiger partial charge in [0.1, 0.15) is 5.75 Å². The first-order chi connectivity index (χ1) is 9.08. The quantitative estimate of drug-likeness (QED) is 0.870. The van der Waals surface area contributed by atoms with Gasteiger partial charge in [-0.05, 0) is 38.3 Å². The van der Waals surface area contributed by atoms with Crippen LogP contribution in [0.25, 0.3) is 10.2 Å². The molecular weight excluding hydrogens is 256 g/mol. The lowest BCUT2D eigenvalue weighted by atomic mass is 9.99. The number of rotatable bonds is 5. The van der Waals surface area contributed by atoms with Gasteiger partial charge in [0.15, 0.2) is 5.13 Å². The second kappa shape index (κ2) is 5.78. The number of hydrogen-bond acceptors (Lipinski definition) is 4. The zero-order chi connectivity index (χ0) is 14.0. The smallest absolute Gasteiger partial charge is 0.183 e. The van der Waals surface area contributed by atoms with E-state index in [-0.39, 0.29) is 0 Å². The third-order valence-corrected chi connectivity index (χ3v) is 4.11. The SMILES string of the molecule is CCNc1nc2c(C)cc(OCC)c(C(C)C)c2s1. The molecule has 1 aromatic heterocycles. The summed E-state index contributed by atoms with van der Waals surface area (Å²) in [6.45, 7) is 12.2. The first kappa shape index (κ1) is 14.1. The molecule has 19 heavy (non-hydrogen) atoms. The molecule has 4 heteroatoms. The first-order valence-electron chi connectivity index (χ1n) is 6.89. The summed E-state index contributed by atoms with van der Waals surface area (Å²) in [4.78, 5) is 4.70. The van der Waals surface area contributed by atoms with E-state index in [1.54, 1.807) is 11.3 Å². The Labute approximate surface area is 119 Å². The summed E-state index contributed by atoms with van der Waals surface area (Å²) in [7, 11) is 0. The second-order valence-electron chi connectivity index (χ2n) is 4.92. The van der Waals surface area contributed by atoms with Gasteiger partial charge in [-0.25, -0.2) is 4.98 Å². The third-order valence-electron chi connectivity index (χ3n) is 3.06. The van der Waals surface area contributed by atoms with Gasteiger partial charge in [0.05, 0.1) is 16.8 Å². The summed E-state index contributed by atoms with van der Waals surface area (Å²) in [5, 5.41) is 4.30. The van der Waals surface area contributed by atoms with Gasteiger partial charge in [0.2, 0.25) is 0 Å². The van der Waals surface area contributed by atoms with E-state index in [0.717, 1.165) is 22.9 Å². The van der Waals surface area contributed by atoms with Gasteiger partial charge >= 0.3 is 0 Å². The monoisotopic (exact) mass is 278 g/mol. The predicted molar refractivity (Wildman–Crippen MR) is 83.8 cm³/mol. The van der Waals surface area contributed by atoms with E-state index < -0.39 is 0 Å². The Kier molecular flexibility index (Phi) is 4.30. The van der Waals surface area contributed by atoms with Crippen LogP contribution in [0.5, 0.6) is 5.75 Å². The molecule has 0 radical (unpaired) electrons. The molecule has 2 aromatic rings.